The average molecular weight is 181 g/mol. The van der Waals surface area contributed by atoms with Crippen LogP contribution in [-0.2, 0) is 7.05 Å². The van der Waals surface area contributed by atoms with E-state index >= 15 is 0 Å². The zero-order chi connectivity index (χ0) is 10.2. The summed E-state index contributed by atoms with van der Waals surface area (Å²) < 4.78 is 1.82. The number of rotatable bonds is 1. The minimum absolute atomic E-state index is 0.00806. The lowest BCUT2D eigenvalue weighted by molar-refractivity contribution is 0.319. The third-order valence-electron chi connectivity index (χ3n) is 2.28. The van der Waals surface area contributed by atoms with Crippen LogP contribution in [0.2, 0.25) is 0 Å². The normalized spacial score (nSPS) is 14.6. The third kappa shape index (κ3) is 2.10. The second-order valence-corrected chi connectivity index (χ2v) is 4.71. The van der Waals surface area contributed by atoms with Crippen molar-refractivity contribution in [3.8, 4) is 0 Å². The molecule has 0 amide bonds. The minimum atomic E-state index is 0.00806. The van der Waals surface area contributed by atoms with E-state index in [0.717, 1.165) is 5.69 Å². The Morgan fingerprint density at radius 3 is 2.31 bits per heavy atom. The Balaban J connectivity index is 3.01. The van der Waals surface area contributed by atoms with E-state index in [1.165, 1.54) is 5.56 Å². The van der Waals surface area contributed by atoms with Gasteiger partial charge >= 0.3 is 0 Å². The van der Waals surface area contributed by atoms with Crippen LogP contribution in [0.5, 0.6) is 0 Å². The third-order valence-corrected chi connectivity index (χ3v) is 2.28. The van der Waals surface area contributed by atoms with E-state index in [4.69, 9.17) is 5.73 Å². The minimum Gasteiger partial charge on any atom is -0.322 e. The molecule has 74 valence electrons. The predicted molar refractivity (Wildman–Crippen MR) is 54.3 cm³/mol. The molecule has 0 saturated carbocycles. The van der Waals surface area contributed by atoms with Gasteiger partial charge in [0.2, 0.25) is 0 Å². The topological polar surface area (TPSA) is 43.8 Å². The van der Waals surface area contributed by atoms with Gasteiger partial charge in [-0.25, -0.2) is 0 Å². The van der Waals surface area contributed by atoms with Gasteiger partial charge in [0, 0.05) is 13.2 Å². The highest BCUT2D eigenvalue weighted by molar-refractivity contribution is 5.19. The number of hydrogen-bond donors (Lipinski definition) is 1. The maximum absolute atomic E-state index is 6.11. The van der Waals surface area contributed by atoms with Gasteiger partial charge in [0.15, 0.2) is 0 Å². The molecule has 3 heteroatoms. The van der Waals surface area contributed by atoms with Crippen LogP contribution in [0.25, 0.3) is 0 Å². The van der Waals surface area contributed by atoms with Crippen molar-refractivity contribution in [2.24, 2.45) is 18.2 Å². The van der Waals surface area contributed by atoms with Crippen molar-refractivity contribution in [1.29, 1.82) is 0 Å². The Labute approximate surface area is 79.9 Å². The summed E-state index contributed by atoms with van der Waals surface area (Å²) in [5.41, 5.74) is 8.36. The van der Waals surface area contributed by atoms with Gasteiger partial charge in [0.05, 0.1) is 11.7 Å². The van der Waals surface area contributed by atoms with Gasteiger partial charge < -0.3 is 5.73 Å². The van der Waals surface area contributed by atoms with Crippen molar-refractivity contribution < 1.29 is 0 Å². The lowest BCUT2D eigenvalue weighted by atomic mass is 9.84. The van der Waals surface area contributed by atoms with Gasteiger partial charge in [-0.1, -0.05) is 20.8 Å². The molecule has 1 unspecified atom stereocenters. The van der Waals surface area contributed by atoms with Crippen molar-refractivity contribution in [2.75, 3.05) is 0 Å². The summed E-state index contributed by atoms with van der Waals surface area (Å²) in [6, 6.07) is 0.00806. The van der Waals surface area contributed by atoms with Crippen LogP contribution in [0.15, 0.2) is 6.20 Å². The number of aromatic nitrogens is 2. The number of nitrogens with two attached hydrogens (primary N) is 1. The highest BCUT2D eigenvalue weighted by atomic mass is 15.3. The molecule has 1 rings (SSSR count). The fourth-order valence-corrected chi connectivity index (χ4v) is 1.34. The zero-order valence-corrected chi connectivity index (χ0v) is 9.13. The molecule has 0 fully saturated rings. The Bertz CT molecular complexity index is 294. The average Bonchev–Trinajstić information content (AvgIpc) is 2.26. The van der Waals surface area contributed by atoms with Gasteiger partial charge in [-0.3, -0.25) is 4.68 Å². The van der Waals surface area contributed by atoms with Crippen LogP contribution in [0.4, 0.5) is 0 Å². The van der Waals surface area contributed by atoms with Gasteiger partial charge in [0.1, 0.15) is 0 Å². The molecule has 2 N–H and O–H groups in total. The number of nitrogens with zero attached hydrogens (tertiary/aromatic N) is 2. The zero-order valence-electron chi connectivity index (χ0n) is 9.13. The van der Waals surface area contributed by atoms with Crippen molar-refractivity contribution >= 4 is 0 Å². The molecule has 1 aromatic rings. The number of hydrogen-bond acceptors (Lipinski definition) is 2. The largest absolute Gasteiger partial charge is 0.322 e. The standard InChI is InChI=1S/C10H19N3/c1-7-6-13(5)12-8(7)9(11)10(2,3)4/h6,9H,11H2,1-5H3. The molecule has 0 bridgehead atoms. The summed E-state index contributed by atoms with van der Waals surface area (Å²) >= 11 is 0. The highest BCUT2D eigenvalue weighted by Crippen LogP contribution is 2.30. The summed E-state index contributed by atoms with van der Waals surface area (Å²) in [7, 11) is 1.92. The van der Waals surface area contributed by atoms with E-state index in [2.05, 4.69) is 25.9 Å². The number of aryl methyl sites for hydroxylation is 2. The quantitative estimate of drug-likeness (QED) is 0.717. The van der Waals surface area contributed by atoms with E-state index in [1.54, 1.807) is 0 Å². The monoisotopic (exact) mass is 181 g/mol. The Morgan fingerprint density at radius 2 is 2.00 bits per heavy atom. The molecular weight excluding hydrogens is 162 g/mol. The molecule has 3 nitrogen and oxygen atoms in total. The maximum atomic E-state index is 6.11. The first-order valence-corrected chi connectivity index (χ1v) is 4.58. The molecular formula is C10H19N3. The van der Waals surface area contributed by atoms with Gasteiger partial charge in [-0.15, -0.1) is 0 Å². The molecule has 1 heterocycles. The molecule has 0 spiro atoms. The SMILES string of the molecule is Cc1cn(C)nc1C(N)C(C)(C)C. The van der Waals surface area contributed by atoms with Crippen molar-refractivity contribution in [2.45, 2.75) is 33.7 Å². The first-order chi connectivity index (χ1) is 5.82. The molecule has 0 aliphatic carbocycles. The molecule has 1 aromatic heterocycles. The predicted octanol–water partition coefficient (Wildman–Crippen LogP) is 1.77. The first-order valence-electron chi connectivity index (χ1n) is 4.58. The summed E-state index contributed by atoms with van der Waals surface area (Å²) in [6.45, 7) is 8.44. The smallest absolute Gasteiger partial charge is 0.0826 e. The molecule has 0 aliphatic heterocycles. The Kier molecular flexibility index (Phi) is 2.48. The fraction of sp³-hybridized carbons (Fsp3) is 0.700. The molecule has 13 heavy (non-hydrogen) atoms. The second-order valence-electron chi connectivity index (χ2n) is 4.71. The van der Waals surface area contributed by atoms with Crippen molar-refractivity contribution in [1.82, 2.24) is 9.78 Å². The molecule has 0 saturated heterocycles. The van der Waals surface area contributed by atoms with E-state index < -0.39 is 0 Å². The summed E-state index contributed by atoms with van der Waals surface area (Å²) in [4.78, 5) is 0. The van der Waals surface area contributed by atoms with Crippen LogP contribution < -0.4 is 5.73 Å². The second kappa shape index (κ2) is 3.14. The van der Waals surface area contributed by atoms with Crippen molar-refractivity contribution in [3.05, 3.63) is 17.5 Å². The Morgan fingerprint density at radius 1 is 1.46 bits per heavy atom. The van der Waals surface area contributed by atoms with E-state index in [9.17, 15) is 0 Å². The van der Waals surface area contributed by atoms with Crippen LogP contribution in [0.1, 0.15) is 38.1 Å². The first kappa shape index (κ1) is 10.3. The molecule has 0 aromatic carbocycles. The summed E-state index contributed by atoms with van der Waals surface area (Å²) in [6.07, 6.45) is 2.00. The van der Waals surface area contributed by atoms with Gasteiger partial charge in [-0.05, 0) is 17.9 Å². The Hall–Kier alpha value is -0.830. The highest BCUT2D eigenvalue weighted by Gasteiger charge is 2.25. The molecule has 0 radical (unpaired) electrons. The van der Waals surface area contributed by atoms with Crippen LogP contribution in [0, 0.1) is 12.3 Å². The van der Waals surface area contributed by atoms with E-state index in [1.807, 2.05) is 24.9 Å². The van der Waals surface area contributed by atoms with Gasteiger partial charge in [-0.2, -0.15) is 5.10 Å². The van der Waals surface area contributed by atoms with Crippen LogP contribution >= 0.6 is 0 Å². The molecule has 1 atom stereocenters. The van der Waals surface area contributed by atoms with Crippen LogP contribution in [-0.4, -0.2) is 9.78 Å². The van der Waals surface area contributed by atoms with Crippen molar-refractivity contribution in [3.63, 3.8) is 0 Å². The van der Waals surface area contributed by atoms with Gasteiger partial charge in [0.25, 0.3) is 0 Å². The summed E-state index contributed by atoms with van der Waals surface area (Å²) in [5.74, 6) is 0. The van der Waals surface area contributed by atoms with E-state index in [0.29, 0.717) is 0 Å². The maximum Gasteiger partial charge on any atom is 0.0826 e. The molecule has 0 aliphatic rings. The summed E-state index contributed by atoms with van der Waals surface area (Å²) in [5, 5.41) is 4.37. The van der Waals surface area contributed by atoms with E-state index in [-0.39, 0.29) is 11.5 Å². The van der Waals surface area contributed by atoms with Crippen LogP contribution in [0.3, 0.4) is 0 Å². The lowest BCUT2D eigenvalue weighted by Crippen LogP contribution is -2.27. The lowest BCUT2D eigenvalue weighted by Gasteiger charge is -2.25. The fourth-order valence-electron chi connectivity index (χ4n) is 1.34.